The Morgan fingerprint density at radius 3 is 2.29 bits per heavy atom. The van der Waals surface area contributed by atoms with Crippen LogP contribution in [0.25, 0.3) is 11.6 Å². The van der Waals surface area contributed by atoms with Crippen LogP contribution in [0.15, 0.2) is 42.5 Å². The van der Waals surface area contributed by atoms with E-state index in [9.17, 15) is 9.90 Å². The summed E-state index contributed by atoms with van der Waals surface area (Å²) in [6.07, 6.45) is 1.55. The van der Waals surface area contributed by atoms with Crippen molar-refractivity contribution >= 4 is 40.8 Å². The van der Waals surface area contributed by atoms with Crippen LogP contribution in [0.1, 0.15) is 11.1 Å². The molecule has 0 saturated heterocycles. The Hall–Kier alpha value is -1.97. The van der Waals surface area contributed by atoms with Gasteiger partial charge in [0.1, 0.15) is 5.75 Å². The van der Waals surface area contributed by atoms with Crippen LogP contribution in [0.5, 0.6) is 5.75 Å². The van der Waals surface area contributed by atoms with Crippen molar-refractivity contribution in [3.63, 3.8) is 0 Å². The van der Waals surface area contributed by atoms with E-state index in [1.165, 1.54) is 7.11 Å². The number of rotatable bonds is 4. The first-order valence-electron chi connectivity index (χ1n) is 6.05. The van der Waals surface area contributed by atoms with Gasteiger partial charge in [-0.05, 0) is 42.0 Å². The number of hydrogen-bond acceptors (Lipinski definition) is 2. The largest absolute Gasteiger partial charge is 0.496 e. The highest BCUT2D eigenvalue weighted by Gasteiger charge is 2.16. The number of benzene rings is 2. The van der Waals surface area contributed by atoms with Gasteiger partial charge in [0, 0.05) is 15.6 Å². The summed E-state index contributed by atoms with van der Waals surface area (Å²) in [5, 5.41) is 10.5. The summed E-state index contributed by atoms with van der Waals surface area (Å²) in [5.74, 6) is -0.618. The maximum atomic E-state index is 11.6. The van der Waals surface area contributed by atoms with Crippen molar-refractivity contribution in [3.8, 4) is 5.75 Å². The maximum absolute atomic E-state index is 11.6. The molecular weight excluding hydrogens is 311 g/mol. The number of methoxy groups -OCH3 is 1. The molecule has 0 amide bonds. The Bertz CT molecular complexity index is 691. The lowest BCUT2D eigenvalue weighted by atomic mass is 10.0. The number of ether oxygens (including phenoxy) is 1. The number of halogens is 2. The molecular formula is C16H12Cl2O3. The fourth-order valence-corrected chi connectivity index (χ4v) is 2.17. The Kier molecular flexibility index (Phi) is 4.89. The number of carbonyl (C=O) groups is 1. The molecule has 0 radical (unpaired) electrons. The predicted molar refractivity (Wildman–Crippen MR) is 85.0 cm³/mol. The van der Waals surface area contributed by atoms with E-state index < -0.39 is 5.97 Å². The maximum Gasteiger partial charge on any atom is 0.336 e. The zero-order valence-electron chi connectivity index (χ0n) is 11.1. The van der Waals surface area contributed by atoms with Crippen LogP contribution in [0.4, 0.5) is 0 Å². The van der Waals surface area contributed by atoms with Crippen LogP contribution in [-0.4, -0.2) is 18.2 Å². The summed E-state index contributed by atoms with van der Waals surface area (Å²) in [6, 6.07) is 11.7. The smallest absolute Gasteiger partial charge is 0.336 e. The standard InChI is InChI=1S/C16H12Cl2O3/c1-21-15-7-6-12(18)9-13(15)14(16(19)20)8-10-2-4-11(17)5-3-10/h2-9H,1H3,(H,19,20)/b14-8-. The van der Waals surface area contributed by atoms with Gasteiger partial charge in [0.25, 0.3) is 0 Å². The van der Waals surface area contributed by atoms with Crippen molar-refractivity contribution in [2.24, 2.45) is 0 Å². The number of carboxylic acids is 1. The van der Waals surface area contributed by atoms with Crippen molar-refractivity contribution in [2.45, 2.75) is 0 Å². The van der Waals surface area contributed by atoms with Gasteiger partial charge in [-0.1, -0.05) is 35.3 Å². The fourth-order valence-electron chi connectivity index (χ4n) is 1.87. The molecule has 5 heteroatoms. The minimum Gasteiger partial charge on any atom is -0.496 e. The normalized spacial score (nSPS) is 11.3. The Balaban J connectivity index is 2.56. The molecule has 0 aliphatic heterocycles. The van der Waals surface area contributed by atoms with Gasteiger partial charge in [-0.25, -0.2) is 4.79 Å². The van der Waals surface area contributed by atoms with Crippen LogP contribution < -0.4 is 4.74 Å². The lowest BCUT2D eigenvalue weighted by Gasteiger charge is -2.10. The van der Waals surface area contributed by atoms with E-state index >= 15 is 0 Å². The summed E-state index contributed by atoms with van der Waals surface area (Å²) < 4.78 is 5.20. The molecule has 0 spiro atoms. The number of aliphatic carboxylic acids is 1. The van der Waals surface area contributed by atoms with Crippen molar-refractivity contribution in [1.29, 1.82) is 0 Å². The zero-order valence-corrected chi connectivity index (χ0v) is 12.7. The van der Waals surface area contributed by atoms with Gasteiger partial charge in [-0.15, -0.1) is 0 Å². The fraction of sp³-hybridized carbons (Fsp3) is 0.0625. The van der Waals surface area contributed by atoms with Crippen molar-refractivity contribution in [1.82, 2.24) is 0 Å². The van der Waals surface area contributed by atoms with Gasteiger partial charge in [-0.2, -0.15) is 0 Å². The van der Waals surface area contributed by atoms with Crippen molar-refractivity contribution in [3.05, 3.63) is 63.6 Å². The highest BCUT2D eigenvalue weighted by Crippen LogP contribution is 2.30. The van der Waals surface area contributed by atoms with Gasteiger partial charge >= 0.3 is 5.97 Å². The quantitative estimate of drug-likeness (QED) is 0.659. The second kappa shape index (κ2) is 6.66. The minimum atomic E-state index is -1.06. The van der Waals surface area contributed by atoms with E-state index in [2.05, 4.69) is 0 Å². The summed E-state index contributed by atoms with van der Waals surface area (Å²) >= 11 is 11.8. The molecule has 0 unspecified atom stereocenters. The molecule has 21 heavy (non-hydrogen) atoms. The number of hydrogen-bond donors (Lipinski definition) is 1. The third kappa shape index (κ3) is 3.78. The van der Waals surface area contributed by atoms with Gasteiger partial charge in [0.05, 0.1) is 12.7 Å². The molecule has 0 saturated carbocycles. The van der Waals surface area contributed by atoms with E-state index in [1.54, 1.807) is 48.5 Å². The second-order valence-corrected chi connectivity index (χ2v) is 5.13. The van der Waals surface area contributed by atoms with Crippen LogP contribution in [0.3, 0.4) is 0 Å². The molecule has 108 valence electrons. The molecule has 3 nitrogen and oxygen atoms in total. The molecule has 0 aliphatic rings. The molecule has 1 N–H and O–H groups in total. The molecule has 0 atom stereocenters. The molecule has 2 aromatic carbocycles. The Morgan fingerprint density at radius 1 is 1.10 bits per heavy atom. The SMILES string of the molecule is COc1ccc(Cl)cc1/C(=C/c1ccc(Cl)cc1)C(=O)O. The van der Waals surface area contributed by atoms with Crippen molar-refractivity contribution < 1.29 is 14.6 Å². The van der Waals surface area contributed by atoms with E-state index in [-0.39, 0.29) is 5.57 Å². The molecule has 0 heterocycles. The summed E-state index contributed by atoms with van der Waals surface area (Å²) in [4.78, 5) is 11.6. The zero-order chi connectivity index (χ0) is 15.4. The van der Waals surface area contributed by atoms with Crippen LogP contribution in [0.2, 0.25) is 10.0 Å². The summed E-state index contributed by atoms with van der Waals surface area (Å²) in [6.45, 7) is 0. The van der Waals surface area contributed by atoms with E-state index in [0.29, 0.717) is 21.4 Å². The lowest BCUT2D eigenvalue weighted by Crippen LogP contribution is -2.02. The minimum absolute atomic E-state index is 0.0941. The Morgan fingerprint density at radius 2 is 1.71 bits per heavy atom. The van der Waals surface area contributed by atoms with Gasteiger partial charge in [-0.3, -0.25) is 0 Å². The first kappa shape index (κ1) is 15.4. The van der Waals surface area contributed by atoms with Gasteiger partial charge in [0.15, 0.2) is 0 Å². The lowest BCUT2D eigenvalue weighted by molar-refractivity contribution is -0.130. The molecule has 2 rings (SSSR count). The van der Waals surface area contributed by atoms with Crippen LogP contribution in [0, 0.1) is 0 Å². The Labute approximate surface area is 132 Å². The van der Waals surface area contributed by atoms with Crippen molar-refractivity contribution in [2.75, 3.05) is 7.11 Å². The van der Waals surface area contributed by atoms with Crippen LogP contribution in [-0.2, 0) is 4.79 Å². The third-order valence-corrected chi connectivity index (χ3v) is 3.35. The monoisotopic (exact) mass is 322 g/mol. The van der Waals surface area contributed by atoms with Gasteiger partial charge < -0.3 is 9.84 Å². The molecule has 0 aromatic heterocycles. The second-order valence-electron chi connectivity index (χ2n) is 4.26. The molecule has 0 bridgehead atoms. The average Bonchev–Trinajstić information content (AvgIpc) is 2.46. The highest BCUT2D eigenvalue weighted by atomic mass is 35.5. The third-order valence-electron chi connectivity index (χ3n) is 2.86. The highest BCUT2D eigenvalue weighted by molar-refractivity contribution is 6.31. The molecule has 0 aliphatic carbocycles. The van der Waals surface area contributed by atoms with Gasteiger partial charge in [0.2, 0.25) is 0 Å². The predicted octanol–water partition coefficient (Wildman–Crippen LogP) is 4.63. The first-order chi connectivity index (χ1) is 10.0. The summed E-state index contributed by atoms with van der Waals surface area (Å²) in [7, 11) is 1.48. The van der Waals surface area contributed by atoms with Crippen LogP contribution >= 0.6 is 23.2 Å². The first-order valence-corrected chi connectivity index (χ1v) is 6.81. The topological polar surface area (TPSA) is 46.5 Å². The van der Waals surface area contributed by atoms with E-state index in [4.69, 9.17) is 27.9 Å². The summed E-state index contributed by atoms with van der Waals surface area (Å²) in [5.41, 5.74) is 1.24. The van der Waals surface area contributed by atoms with E-state index in [1.807, 2.05) is 0 Å². The number of carboxylic acid groups (broad SMARTS) is 1. The van der Waals surface area contributed by atoms with E-state index in [0.717, 1.165) is 5.56 Å². The molecule has 0 fully saturated rings. The molecule has 2 aromatic rings. The average molecular weight is 323 g/mol.